The SMILES string of the molecule is CCOc1cc(C#N)ccc1OCC(=O)N(C)CC(=O)N(CC)CC. The third-order valence-electron chi connectivity index (χ3n) is 3.64. The standard InChI is InChI=1S/C18H25N3O4/c1-5-21(6-2)17(22)12-20(4)18(23)13-25-15-9-8-14(11-19)10-16(15)24-7-3/h8-10H,5-7,12-13H2,1-4H3. The van der Waals surface area contributed by atoms with Gasteiger partial charge in [0.15, 0.2) is 18.1 Å². The Morgan fingerprint density at radius 2 is 1.76 bits per heavy atom. The predicted octanol–water partition coefficient (Wildman–Crippen LogP) is 1.66. The van der Waals surface area contributed by atoms with Crippen LogP contribution in [0.15, 0.2) is 18.2 Å². The summed E-state index contributed by atoms with van der Waals surface area (Å²) in [6, 6.07) is 6.78. The molecule has 0 N–H and O–H groups in total. The van der Waals surface area contributed by atoms with Crippen LogP contribution in [0.2, 0.25) is 0 Å². The molecule has 0 heterocycles. The minimum Gasteiger partial charge on any atom is -0.490 e. The fraction of sp³-hybridized carbons (Fsp3) is 0.500. The number of carbonyl (C=O) groups excluding carboxylic acids is 2. The van der Waals surface area contributed by atoms with E-state index in [4.69, 9.17) is 14.7 Å². The van der Waals surface area contributed by atoms with E-state index >= 15 is 0 Å². The lowest BCUT2D eigenvalue weighted by Crippen LogP contribution is -2.42. The molecule has 2 amide bonds. The fourth-order valence-electron chi connectivity index (χ4n) is 2.18. The van der Waals surface area contributed by atoms with E-state index in [1.165, 1.54) is 4.90 Å². The summed E-state index contributed by atoms with van der Waals surface area (Å²) in [6.45, 7) is 7.04. The molecule has 0 fully saturated rings. The summed E-state index contributed by atoms with van der Waals surface area (Å²) in [4.78, 5) is 27.2. The summed E-state index contributed by atoms with van der Waals surface area (Å²) in [7, 11) is 1.56. The molecule has 0 radical (unpaired) electrons. The summed E-state index contributed by atoms with van der Waals surface area (Å²) < 4.78 is 11.0. The monoisotopic (exact) mass is 347 g/mol. The highest BCUT2D eigenvalue weighted by molar-refractivity contribution is 5.85. The Balaban J connectivity index is 2.67. The van der Waals surface area contributed by atoms with Crippen molar-refractivity contribution in [3.8, 4) is 17.6 Å². The van der Waals surface area contributed by atoms with E-state index < -0.39 is 0 Å². The van der Waals surface area contributed by atoms with E-state index in [1.54, 1.807) is 30.1 Å². The van der Waals surface area contributed by atoms with E-state index in [0.29, 0.717) is 36.8 Å². The van der Waals surface area contributed by atoms with Gasteiger partial charge >= 0.3 is 0 Å². The van der Waals surface area contributed by atoms with E-state index in [1.807, 2.05) is 26.8 Å². The smallest absolute Gasteiger partial charge is 0.260 e. The molecular weight excluding hydrogens is 322 g/mol. The number of carbonyl (C=O) groups is 2. The Kier molecular flexibility index (Phi) is 8.27. The fourth-order valence-corrected chi connectivity index (χ4v) is 2.18. The Labute approximate surface area is 148 Å². The maximum absolute atomic E-state index is 12.2. The summed E-state index contributed by atoms with van der Waals surface area (Å²) >= 11 is 0. The Hall–Kier alpha value is -2.75. The van der Waals surface area contributed by atoms with Crippen molar-refractivity contribution in [1.29, 1.82) is 5.26 Å². The van der Waals surface area contributed by atoms with Gasteiger partial charge in [-0.15, -0.1) is 0 Å². The van der Waals surface area contributed by atoms with Gasteiger partial charge in [-0.25, -0.2) is 0 Å². The quantitative estimate of drug-likeness (QED) is 0.678. The molecule has 0 spiro atoms. The van der Waals surface area contributed by atoms with Gasteiger partial charge in [-0.3, -0.25) is 9.59 Å². The maximum atomic E-state index is 12.2. The number of nitrogens with zero attached hydrogens (tertiary/aromatic N) is 3. The lowest BCUT2D eigenvalue weighted by atomic mass is 10.2. The first kappa shape index (κ1) is 20.3. The normalized spacial score (nSPS) is 9.88. The number of rotatable bonds is 9. The molecule has 0 bridgehead atoms. The molecule has 0 aromatic heterocycles. The Bertz CT molecular complexity index is 636. The molecule has 0 atom stereocenters. The third-order valence-corrected chi connectivity index (χ3v) is 3.64. The van der Waals surface area contributed by atoms with Crippen LogP contribution in [0.5, 0.6) is 11.5 Å². The largest absolute Gasteiger partial charge is 0.490 e. The minimum atomic E-state index is -0.313. The van der Waals surface area contributed by atoms with Gasteiger partial charge in [-0.1, -0.05) is 0 Å². The predicted molar refractivity (Wildman–Crippen MR) is 93.4 cm³/mol. The van der Waals surface area contributed by atoms with E-state index in [2.05, 4.69) is 0 Å². The topological polar surface area (TPSA) is 82.9 Å². The molecule has 0 unspecified atom stereocenters. The molecule has 0 aliphatic heterocycles. The second-order valence-corrected chi connectivity index (χ2v) is 5.31. The molecule has 0 saturated carbocycles. The number of nitriles is 1. The van der Waals surface area contributed by atoms with Crippen molar-refractivity contribution < 1.29 is 19.1 Å². The van der Waals surface area contributed by atoms with Crippen LogP contribution in [0.25, 0.3) is 0 Å². The van der Waals surface area contributed by atoms with Gasteiger partial charge in [-0.05, 0) is 32.9 Å². The molecule has 7 heteroatoms. The molecule has 0 aliphatic rings. The molecule has 0 saturated heterocycles. The van der Waals surface area contributed by atoms with E-state index in [0.717, 1.165) is 0 Å². The highest BCUT2D eigenvalue weighted by atomic mass is 16.5. The number of benzene rings is 1. The van der Waals surface area contributed by atoms with Crippen molar-refractivity contribution in [2.75, 3.05) is 39.9 Å². The van der Waals surface area contributed by atoms with E-state index in [-0.39, 0.29) is 25.0 Å². The van der Waals surface area contributed by atoms with Crippen LogP contribution in [0.4, 0.5) is 0 Å². The Morgan fingerprint density at radius 1 is 1.08 bits per heavy atom. The highest BCUT2D eigenvalue weighted by Crippen LogP contribution is 2.28. The minimum absolute atomic E-state index is 0.00948. The molecule has 1 aromatic rings. The van der Waals surface area contributed by atoms with Crippen molar-refractivity contribution in [2.45, 2.75) is 20.8 Å². The zero-order valence-corrected chi connectivity index (χ0v) is 15.2. The van der Waals surface area contributed by atoms with Gasteiger partial charge in [0.1, 0.15) is 0 Å². The first-order valence-electron chi connectivity index (χ1n) is 8.28. The van der Waals surface area contributed by atoms with Gasteiger partial charge in [0.25, 0.3) is 5.91 Å². The Morgan fingerprint density at radius 3 is 2.32 bits per heavy atom. The average Bonchev–Trinajstić information content (AvgIpc) is 2.61. The second kappa shape index (κ2) is 10.2. The molecule has 136 valence electrons. The maximum Gasteiger partial charge on any atom is 0.260 e. The van der Waals surface area contributed by atoms with Crippen LogP contribution < -0.4 is 9.47 Å². The molecule has 0 aliphatic carbocycles. The molecule has 1 rings (SSSR count). The van der Waals surface area contributed by atoms with Crippen LogP contribution in [-0.4, -0.2) is 61.5 Å². The molecular formula is C18H25N3O4. The van der Waals surface area contributed by atoms with Crippen molar-refractivity contribution >= 4 is 11.8 Å². The summed E-state index contributed by atoms with van der Waals surface area (Å²) in [5.41, 5.74) is 0.448. The number of ether oxygens (including phenoxy) is 2. The van der Waals surface area contributed by atoms with Crippen molar-refractivity contribution in [1.82, 2.24) is 9.80 Å². The zero-order chi connectivity index (χ0) is 18.8. The van der Waals surface area contributed by atoms with Crippen LogP contribution in [0, 0.1) is 11.3 Å². The first-order chi connectivity index (χ1) is 12.0. The summed E-state index contributed by atoms with van der Waals surface area (Å²) in [6.07, 6.45) is 0. The zero-order valence-electron chi connectivity index (χ0n) is 15.2. The highest BCUT2D eigenvalue weighted by Gasteiger charge is 2.17. The van der Waals surface area contributed by atoms with Crippen LogP contribution in [0.3, 0.4) is 0 Å². The average molecular weight is 347 g/mol. The number of amides is 2. The first-order valence-corrected chi connectivity index (χ1v) is 8.28. The van der Waals surface area contributed by atoms with Gasteiger partial charge in [-0.2, -0.15) is 5.26 Å². The number of hydrogen-bond acceptors (Lipinski definition) is 5. The molecule has 7 nitrogen and oxygen atoms in total. The summed E-state index contributed by atoms with van der Waals surface area (Å²) in [5.74, 6) is 0.385. The van der Waals surface area contributed by atoms with Gasteiger partial charge in [0.05, 0.1) is 24.8 Å². The van der Waals surface area contributed by atoms with Gasteiger partial charge < -0.3 is 19.3 Å². The second-order valence-electron chi connectivity index (χ2n) is 5.31. The molecule has 25 heavy (non-hydrogen) atoms. The van der Waals surface area contributed by atoms with Crippen molar-refractivity contribution in [2.24, 2.45) is 0 Å². The number of hydrogen-bond donors (Lipinski definition) is 0. The van der Waals surface area contributed by atoms with Crippen LogP contribution in [-0.2, 0) is 9.59 Å². The van der Waals surface area contributed by atoms with Gasteiger partial charge in [0.2, 0.25) is 5.91 Å². The van der Waals surface area contributed by atoms with E-state index in [9.17, 15) is 9.59 Å². The third kappa shape index (κ3) is 5.99. The molecule has 1 aromatic carbocycles. The number of likely N-dealkylation sites (N-methyl/N-ethyl adjacent to an activating group) is 2. The lowest BCUT2D eigenvalue weighted by Gasteiger charge is -2.23. The van der Waals surface area contributed by atoms with Crippen LogP contribution in [0.1, 0.15) is 26.3 Å². The van der Waals surface area contributed by atoms with Crippen molar-refractivity contribution in [3.63, 3.8) is 0 Å². The van der Waals surface area contributed by atoms with Crippen molar-refractivity contribution in [3.05, 3.63) is 23.8 Å². The lowest BCUT2D eigenvalue weighted by molar-refractivity contribution is -0.140. The van der Waals surface area contributed by atoms with Crippen LogP contribution >= 0.6 is 0 Å². The summed E-state index contributed by atoms with van der Waals surface area (Å²) in [5, 5.41) is 8.94. The van der Waals surface area contributed by atoms with Gasteiger partial charge in [0, 0.05) is 26.2 Å².